The number of carboxylic acid groups (broad SMARTS) is 1. The summed E-state index contributed by atoms with van der Waals surface area (Å²) in [5, 5.41) is 12.0. The molecular formula is C15H21NO3. The van der Waals surface area contributed by atoms with E-state index in [4.69, 9.17) is 9.84 Å². The summed E-state index contributed by atoms with van der Waals surface area (Å²) in [4.78, 5) is 11.1. The first-order valence-electron chi connectivity index (χ1n) is 6.72. The van der Waals surface area contributed by atoms with Gasteiger partial charge in [0.1, 0.15) is 11.3 Å². The molecule has 4 heteroatoms. The highest BCUT2D eigenvalue weighted by molar-refractivity contribution is 5.78. The molecule has 0 fully saturated rings. The standard InChI is InChI=1S/C15H21NO3/c1-15(16-2,14(17)18)8-9-19-13-7-6-11-4-3-5-12(11)10-13/h6-7,10,16H,3-5,8-9H2,1-2H3,(H,17,18). The Morgan fingerprint density at radius 1 is 1.42 bits per heavy atom. The Balaban J connectivity index is 1.91. The summed E-state index contributed by atoms with van der Waals surface area (Å²) in [7, 11) is 1.66. The van der Waals surface area contributed by atoms with Crippen molar-refractivity contribution in [2.45, 2.75) is 38.1 Å². The number of aryl methyl sites for hydroxylation is 2. The van der Waals surface area contributed by atoms with Crippen LogP contribution in [0.4, 0.5) is 0 Å². The number of rotatable bonds is 6. The molecule has 2 rings (SSSR count). The maximum Gasteiger partial charge on any atom is 0.323 e. The van der Waals surface area contributed by atoms with Gasteiger partial charge in [0.2, 0.25) is 0 Å². The maximum atomic E-state index is 11.1. The van der Waals surface area contributed by atoms with Crippen LogP contribution >= 0.6 is 0 Å². The van der Waals surface area contributed by atoms with E-state index < -0.39 is 11.5 Å². The van der Waals surface area contributed by atoms with E-state index in [9.17, 15) is 4.79 Å². The number of ether oxygens (including phenoxy) is 1. The summed E-state index contributed by atoms with van der Waals surface area (Å²) >= 11 is 0. The topological polar surface area (TPSA) is 58.6 Å². The van der Waals surface area contributed by atoms with Gasteiger partial charge in [-0.1, -0.05) is 6.07 Å². The minimum atomic E-state index is -0.934. The number of carbonyl (C=O) groups is 1. The van der Waals surface area contributed by atoms with Crippen molar-refractivity contribution in [1.29, 1.82) is 0 Å². The molecule has 104 valence electrons. The zero-order valence-electron chi connectivity index (χ0n) is 11.5. The van der Waals surface area contributed by atoms with Crippen molar-refractivity contribution < 1.29 is 14.6 Å². The van der Waals surface area contributed by atoms with E-state index in [1.165, 1.54) is 17.5 Å². The molecule has 2 N–H and O–H groups in total. The molecule has 0 saturated heterocycles. The van der Waals surface area contributed by atoms with E-state index in [1.54, 1.807) is 14.0 Å². The summed E-state index contributed by atoms with van der Waals surface area (Å²) < 4.78 is 5.68. The number of hydrogen-bond donors (Lipinski definition) is 2. The Bertz CT molecular complexity index is 472. The van der Waals surface area contributed by atoms with Gasteiger partial charge in [-0.2, -0.15) is 0 Å². The molecule has 0 amide bonds. The van der Waals surface area contributed by atoms with Crippen molar-refractivity contribution in [3.63, 3.8) is 0 Å². The number of likely N-dealkylation sites (N-methyl/N-ethyl adjacent to an activating group) is 1. The molecule has 1 unspecified atom stereocenters. The largest absolute Gasteiger partial charge is 0.493 e. The molecule has 1 aliphatic rings. The smallest absolute Gasteiger partial charge is 0.323 e. The second kappa shape index (κ2) is 5.61. The summed E-state index contributed by atoms with van der Waals surface area (Å²) in [6.07, 6.45) is 3.92. The number of fused-ring (bicyclic) bond motifs is 1. The molecule has 1 aromatic carbocycles. The summed E-state index contributed by atoms with van der Waals surface area (Å²) in [6.45, 7) is 2.06. The van der Waals surface area contributed by atoms with E-state index in [-0.39, 0.29) is 0 Å². The van der Waals surface area contributed by atoms with Crippen molar-refractivity contribution in [2.75, 3.05) is 13.7 Å². The van der Waals surface area contributed by atoms with Crippen molar-refractivity contribution >= 4 is 5.97 Å². The Morgan fingerprint density at radius 3 is 2.84 bits per heavy atom. The fraction of sp³-hybridized carbons (Fsp3) is 0.533. The van der Waals surface area contributed by atoms with Crippen LogP contribution in [0.15, 0.2) is 18.2 Å². The van der Waals surface area contributed by atoms with Crippen LogP contribution in [0.5, 0.6) is 5.75 Å². The van der Waals surface area contributed by atoms with E-state index in [2.05, 4.69) is 17.4 Å². The van der Waals surface area contributed by atoms with Crippen LogP contribution in [0, 0.1) is 0 Å². The van der Waals surface area contributed by atoms with Gasteiger partial charge in [-0.15, -0.1) is 0 Å². The molecule has 0 radical (unpaired) electrons. The normalized spacial score (nSPS) is 16.7. The number of hydrogen-bond acceptors (Lipinski definition) is 3. The number of nitrogens with one attached hydrogen (secondary N) is 1. The van der Waals surface area contributed by atoms with Gasteiger partial charge in [-0.3, -0.25) is 4.79 Å². The van der Waals surface area contributed by atoms with Crippen LogP contribution in [0.1, 0.15) is 30.9 Å². The van der Waals surface area contributed by atoms with Gasteiger partial charge < -0.3 is 15.2 Å². The van der Waals surface area contributed by atoms with Gasteiger partial charge in [-0.25, -0.2) is 0 Å². The van der Waals surface area contributed by atoms with Crippen LogP contribution in [0.3, 0.4) is 0 Å². The van der Waals surface area contributed by atoms with E-state index in [1.807, 2.05) is 6.07 Å². The molecule has 0 heterocycles. The minimum Gasteiger partial charge on any atom is -0.493 e. The molecule has 1 aromatic rings. The SMILES string of the molecule is CNC(C)(CCOc1ccc2c(c1)CCC2)C(=O)O. The molecule has 4 nitrogen and oxygen atoms in total. The number of carboxylic acids is 1. The lowest BCUT2D eigenvalue weighted by atomic mass is 9.99. The third-order valence-electron chi connectivity index (χ3n) is 3.96. The first kappa shape index (κ1) is 13.9. The van der Waals surface area contributed by atoms with Crippen LogP contribution in [-0.2, 0) is 17.6 Å². The van der Waals surface area contributed by atoms with Gasteiger partial charge >= 0.3 is 5.97 Å². The van der Waals surface area contributed by atoms with Crippen LogP contribution in [0.25, 0.3) is 0 Å². The molecule has 1 aliphatic carbocycles. The predicted octanol–water partition coefficient (Wildman–Crippen LogP) is 2.01. The zero-order chi connectivity index (χ0) is 13.9. The van der Waals surface area contributed by atoms with Crippen LogP contribution in [0.2, 0.25) is 0 Å². The van der Waals surface area contributed by atoms with Gasteiger partial charge in [0.15, 0.2) is 0 Å². The predicted molar refractivity (Wildman–Crippen MR) is 73.7 cm³/mol. The van der Waals surface area contributed by atoms with Crippen molar-refractivity contribution in [1.82, 2.24) is 5.32 Å². The summed E-state index contributed by atoms with van der Waals surface area (Å²) in [5.41, 5.74) is 1.85. The lowest BCUT2D eigenvalue weighted by Gasteiger charge is -2.24. The van der Waals surface area contributed by atoms with Crippen LogP contribution < -0.4 is 10.1 Å². The fourth-order valence-corrected chi connectivity index (χ4v) is 2.35. The summed E-state index contributed by atoms with van der Waals surface area (Å²) in [6, 6.07) is 6.17. The van der Waals surface area contributed by atoms with Crippen LogP contribution in [-0.4, -0.2) is 30.3 Å². The highest BCUT2D eigenvalue weighted by atomic mass is 16.5. The van der Waals surface area contributed by atoms with E-state index in [0.29, 0.717) is 13.0 Å². The van der Waals surface area contributed by atoms with E-state index in [0.717, 1.165) is 18.6 Å². The Labute approximate surface area is 113 Å². The molecule has 1 atom stereocenters. The molecule has 0 spiro atoms. The molecule has 0 aliphatic heterocycles. The third kappa shape index (κ3) is 3.07. The molecule has 0 bridgehead atoms. The van der Waals surface area contributed by atoms with Crippen molar-refractivity contribution in [3.8, 4) is 5.75 Å². The molecule has 19 heavy (non-hydrogen) atoms. The first-order chi connectivity index (χ1) is 9.05. The third-order valence-corrected chi connectivity index (χ3v) is 3.96. The average Bonchev–Trinajstić information content (AvgIpc) is 2.85. The number of benzene rings is 1. The quantitative estimate of drug-likeness (QED) is 0.824. The highest BCUT2D eigenvalue weighted by Gasteiger charge is 2.30. The zero-order valence-corrected chi connectivity index (χ0v) is 11.5. The highest BCUT2D eigenvalue weighted by Crippen LogP contribution is 2.26. The maximum absolute atomic E-state index is 11.1. The van der Waals surface area contributed by atoms with Gasteiger partial charge in [-0.05, 0) is 56.5 Å². The summed E-state index contributed by atoms with van der Waals surface area (Å²) in [5.74, 6) is -0.0166. The Hall–Kier alpha value is -1.55. The minimum absolute atomic E-state index is 0.391. The first-order valence-corrected chi connectivity index (χ1v) is 6.72. The Morgan fingerprint density at radius 2 is 2.16 bits per heavy atom. The molecule has 0 aromatic heterocycles. The van der Waals surface area contributed by atoms with Crippen molar-refractivity contribution in [2.24, 2.45) is 0 Å². The van der Waals surface area contributed by atoms with Gasteiger partial charge in [0.05, 0.1) is 6.61 Å². The molecular weight excluding hydrogens is 242 g/mol. The van der Waals surface area contributed by atoms with E-state index >= 15 is 0 Å². The number of aliphatic carboxylic acids is 1. The lowest BCUT2D eigenvalue weighted by Crippen LogP contribution is -2.48. The second-order valence-corrected chi connectivity index (χ2v) is 5.27. The van der Waals surface area contributed by atoms with Gasteiger partial charge in [0, 0.05) is 6.42 Å². The second-order valence-electron chi connectivity index (χ2n) is 5.27. The van der Waals surface area contributed by atoms with Crippen molar-refractivity contribution in [3.05, 3.63) is 29.3 Å². The monoisotopic (exact) mass is 263 g/mol. The lowest BCUT2D eigenvalue weighted by molar-refractivity contribution is -0.144. The Kier molecular flexibility index (Phi) is 4.10. The average molecular weight is 263 g/mol. The fourth-order valence-electron chi connectivity index (χ4n) is 2.35. The molecule has 0 saturated carbocycles. The van der Waals surface area contributed by atoms with Gasteiger partial charge in [0.25, 0.3) is 0 Å².